The third-order valence-corrected chi connectivity index (χ3v) is 5.39. The Balaban J connectivity index is 1.34. The van der Waals surface area contributed by atoms with Gasteiger partial charge in [0, 0.05) is 19.1 Å². The van der Waals surface area contributed by atoms with E-state index >= 15 is 0 Å². The Morgan fingerprint density at radius 1 is 1.26 bits per heavy atom. The van der Waals surface area contributed by atoms with E-state index in [0.717, 1.165) is 32.5 Å². The SMILES string of the molecule is CCC(=Cc1ccccc1)[C@@H]1C[C@H]1NCCC1CN(C(=O)OC(C)(C)C)C1. The van der Waals surface area contributed by atoms with Crippen LogP contribution in [0.3, 0.4) is 0 Å². The third-order valence-electron chi connectivity index (χ3n) is 5.39. The maximum absolute atomic E-state index is 12.0. The second-order valence-electron chi connectivity index (χ2n) is 8.93. The van der Waals surface area contributed by atoms with Gasteiger partial charge in [-0.1, -0.05) is 48.9 Å². The van der Waals surface area contributed by atoms with Crippen LogP contribution in [0.5, 0.6) is 0 Å². The number of nitrogens with one attached hydrogen (secondary N) is 1. The van der Waals surface area contributed by atoms with Gasteiger partial charge < -0.3 is 15.0 Å². The molecule has 1 aliphatic carbocycles. The van der Waals surface area contributed by atoms with Crippen LogP contribution in [0.1, 0.15) is 52.5 Å². The van der Waals surface area contributed by atoms with Crippen molar-refractivity contribution >= 4 is 12.2 Å². The monoisotopic (exact) mass is 370 g/mol. The second kappa shape index (κ2) is 8.47. The molecule has 0 radical (unpaired) electrons. The van der Waals surface area contributed by atoms with E-state index in [4.69, 9.17) is 4.74 Å². The zero-order valence-corrected chi connectivity index (χ0v) is 17.2. The van der Waals surface area contributed by atoms with E-state index in [1.54, 1.807) is 5.57 Å². The van der Waals surface area contributed by atoms with Crippen LogP contribution in [0.2, 0.25) is 0 Å². The van der Waals surface area contributed by atoms with E-state index in [1.807, 2.05) is 25.7 Å². The van der Waals surface area contributed by atoms with Crippen molar-refractivity contribution < 1.29 is 9.53 Å². The van der Waals surface area contributed by atoms with E-state index < -0.39 is 5.60 Å². The summed E-state index contributed by atoms with van der Waals surface area (Å²) in [5.74, 6) is 1.29. The van der Waals surface area contributed by atoms with E-state index in [1.165, 1.54) is 12.0 Å². The van der Waals surface area contributed by atoms with Crippen LogP contribution >= 0.6 is 0 Å². The Kier molecular flexibility index (Phi) is 6.25. The van der Waals surface area contributed by atoms with E-state index in [2.05, 4.69) is 48.6 Å². The predicted molar refractivity (Wildman–Crippen MR) is 111 cm³/mol. The Morgan fingerprint density at radius 3 is 2.59 bits per heavy atom. The summed E-state index contributed by atoms with van der Waals surface area (Å²) in [6.45, 7) is 10.7. The number of nitrogens with zero attached hydrogens (tertiary/aromatic N) is 1. The minimum Gasteiger partial charge on any atom is -0.444 e. The molecule has 1 N–H and O–H groups in total. The van der Waals surface area contributed by atoms with Crippen molar-refractivity contribution in [3.63, 3.8) is 0 Å². The molecule has 1 aromatic carbocycles. The molecule has 1 aromatic rings. The van der Waals surface area contributed by atoms with Crippen molar-refractivity contribution in [2.45, 2.75) is 58.6 Å². The summed E-state index contributed by atoms with van der Waals surface area (Å²) in [6.07, 6.45) is 5.68. The molecule has 3 rings (SSSR count). The molecule has 0 unspecified atom stereocenters. The molecular formula is C23H34N2O2. The van der Waals surface area contributed by atoms with Crippen molar-refractivity contribution in [1.82, 2.24) is 10.2 Å². The summed E-state index contributed by atoms with van der Waals surface area (Å²) < 4.78 is 5.41. The predicted octanol–water partition coefficient (Wildman–Crippen LogP) is 4.72. The molecule has 1 heterocycles. The molecule has 2 atom stereocenters. The number of carbonyl (C=O) groups is 1. The first-order valence-electron chi connectivity index (χ1n) is 10.3. The molecule has 0 bridgehead atoms. The van der Waals surface area contributed by atoms with Crippen molar-refractivity contribution in [3.05, 3.63) is 41.5 Å². The summed E-state index contributed by atoms with van der Waals surface area (Å²) in [5, 5.41) is 3.71. The van der Waals surface area contributed by atoms with Crippen molar-refractivity contribution in [3.8, 4) is 0 Å². The average Bonchev–Trinajstić information content (AvgIpc) is 3.33. The summed E-state index contributed by atoms with van der Waals surface area (Å²) in [7, 11) is 0. The molecule has 0 aromatic heterocycles. The van der Waals surface area contributed by atoms with Crippen LogP contribution in [0.25, 0.3) is 6.08 Å². The Labute approximate surface area is 164 Å². The summed E-state index contributed by atoms with van der Waals surface area (Å²) in [4.78, 5) is 13.8. The number of amides is 1. The highest BCUT2D eigenvalue weighted by molar-refractivity contribution is 5.69. The lowest BCUT2D eigenvalue weighted by Gasteiger charge is -2.39. The summed E-state index contributed by atoms with van der Waals surface area (Å²) >= 11 is 0. The molecule has 0 spiro atoms. The quantitative estimate of drug-likeness (QED) is 0.755. The number of ether oxygens (including phenoxy) is 1. The minimum atomic E-state index is -0.408. The number of carbonyl (C=O) groups excluding carboxylic acids is 1. The van der Waals surface area contributed by atoms with Crippen LogP contribution in [0.4, 0.5) is 4.79 Å². The van der Waals surface area contributed by atoms with E-state index in [9.17, 15) is 4.79 Å². The van der Waals surface area contributed by atoms with Gasteiger partial charge in [-0.25, -0.2) is 4.79 Å². The number of likely N-dealkylation sites (tertiary alicyclic amines) is 1. The van der Waals surface area contributed by atoms with Crippen molar-refractivity contribution in [1.29, 1.82) is 0 Å². The fraction of sp³-hybridized carbons (Fsp3) is 0.609. The van der Waals surface area contributed by atoms with Crippen LogP contribution in [-0.2, 0) is 4.74 Å². The highest BCUT2D eigenvalue weighted by Crippen LogP contribution is 2.39. The van der Waals surface area contributed by atoms with Gasteiger partial charge in [0.05, 0.1) is 0 Å². The maximum Gasteiger partial charge on any atom is 0.410 e. The van der Waals surface area contributed by atoms with Gasteiger partial charge in [0.25, 0.3) is 0 Å². The van der Waals surface area contributed by atoms with Gasteiger partial charge >= 0.3 is 6.09 Å². The van der Waals surface area contributed by atoms with Crippen LogP contribution < -0.4 is 5.32 Å². The van der Waals surface area contributed by atoms with E-state index in [-0.39, 0.29) is 6.09 Å². The summed E-state index contributed by atoms with van der Waals surface area (Å²) in [6, 6.07) is 11.2. The van der Waals surface area contributed by atoms with E-state index in [0.29, 0.717) is 17.9 Å². The standard InChI is InChI=1S/C23H34N2O2/c1-5-19(13-17-9-7-6-8-10-17)20-14-21(20)24-12-11-18-15-25(16-18)22(26)27-23(2,3)4/h6-10,13,18,20-21,24H,5,11-12,14-16H2,1-4H3/t20-,21+/m0/s1. The van der Waals surface area contributed by atoms with Crippen molar-refractivity contribution in [2.24, 2.45) is 11.8 Å². The maximum atomic E-state index is 12.0. The normalized spacial score (nSPS) is 23.1. The molecule has 4 nitrogen and oxygen atoms in total. The Morgan fingerprint density at radius 2 is 1.96 bits per heavy atom. The fourth-order valence-corrected chi connectivity index (χ4v) is 3.77. The van der Waals surface area contributed by atoms with Gasteiger partial charge in [-0.15, -0.1) is 0 Å². The molecule has 27 heavy (non-hydrogen) atoms. The Bertz CT molecular complexity index is 657. The zero-order chi connectivity index (χ0) is 19.4. The first-order valence-corrected chi connectivity index (χ1v) is 10.3. The molecule has 1 aliphatic heterocycles. The van der Waals surface area contributed by atoms with Crippen LogP contribution in [0, 0.1) is 11.8 Å². The number of rotatable bonds is 7. The number of hydrogen-bond acceptors (Lipinski definition) is 3. The molecule has 4 heteroatoms. The summed E-state index contributed by atoms with van der Waals surface area (Å²) in [5.41, 5.74) is 2.45. The van der Waals surface area contributed by atoms with Gasteiger partial charge in [-0.05, 0) is 64.0 Å². The first kappa shape index (κ1) is 19.9. The molecule has 1 saturated carbocycles. The van der Waals surface area contributed by atoms with Gasteiger partial charge in [0.1, 0.15) is 5.60 Å². The van der Waals surface area contributed by atoms with Crippen molar-refractivity contribution in [2.75, 3.05) is 19.6 Å². The van der Waals surface area contributed by atoms with Crippen LogP contribution in [-0.4, -0.2) is 42.3 Å². The first-order chi connectivity index (χ1) is 12.9. The minimum absolute atomic E-state index is 0.174. The smallest absolute Gasteiger partial charge is 0.410 e. The molecular weight excluding hydrogens is 336 g/mol. The molecule has 148 valence electrons. The molecule has 2 aliphatic rings. The zero-order valence-electron chi connectivity index (χ0n) is 17.2. The largest absolute Gasteiger partial charge is 0.444 e. The highest BCUT2D eigenvalue weighted by Gasteiger charge is 2.39. The lowest BCUT2D eigenvalue weighted by Crippen LogP contribution is -2.52. The fourth-order valence-electron chi connectivity index (χ4n) is 3.77. The lowest BCUT2D eigenvalue weighted by atomic mass is 9.97. The van der Waals surface area contributed by atoms with Gasteiger partial charge in [-0.3, -0.25) is 0 Å². The number of benzene rings is 1. The second-order valence-corrected chi connectivity index (χ2v) is 8.93. The molecule has 1 amide bonds. The molecule has 1 saturated heterocycles. The Hall–Kier alpha value is -1.81. The van der Waals surface area contributed by atoms with Crippen LogP contribution in [0.15, 0.2) is 35.9 Å². The third kappa shape index (κ3) is 5.83. The number of hydrogen-bond donors (Lipinski definition) is 1. The highest BCUT2D eigenvalue weighted by atomic mass is 16.6. The van der Waals surface area contributed by atoms with Gasteiger partial charge in [0.15, 0.2) is 0 Å². The lowest BCUT2D eigenvalue weighted by molar-refractivity contribution is -0.00204. The van der Waals surface area contributed by atoms with Gasteiger partial charge in [0.2, 0.25) is 0 Å². The van der Waals surface area contributed by atoms with Gasteiger partial charge in [-0.2, -0.15) is 0 Å². The molecule has 2 fully saturated rings. The average molecular weight is 371 g/mol. The topological polar surface area (TPSA) is 41.6 Å².